The zero-order valence-corrected chi connectivity index (χ0v) is 22.5. The number of ether oxygens (including phenoxy) is 2. The second-order valence-electron chi connectivity index (χ2n) is 11.1. The monoisotopic (exact) mass is 506 g/mol. The number of rotatable bonds is 7. The minimum Gasteiger partial charge on any atom is -0.493 e. The second-order valence-corrected chi connectivity index (χ2v) is 11.1. The molecule has 3 N–H and O–H groups in total. The lowest BCUT2D eigenvalue weighted by Crippen LogP contribution is -2.64. The SMILES string of the molecule is CCNC(=O)CC(C)N1CC[C@]23c4c5ccc(OC)c4O[C@H]2c2[nH]c(C(=O)NCC)c(C)c2C[C@@H]3[C@@H]1C5. The Bertz CT molecular complexity index is 1270. The first-order valence-electron chi connectivity index (χ1n) is 13.7. The molecule has 1 fully saturated rings. The first-order chi connectivity index (χ1) is 17.8. The summed E-state index contributed by atoms with van der Waals surface area (Å²) in [6, 6.07) is 4.68. The van der Waals surface area contributed by atoms with Crippen LogP contribution in [0.5, 0.6) is 11.5 Å². The Labute approximate surface area is 218 Å². The topological polar surface area (TPSA) is 95.7 Å². The number of nitrogens with one attached hydrogen (secondary N) is 3. The molecule has 1 spiro atoms. The smallest absolute Gasteiger partial charge is 0.267 e. The van der Waals surface area contributed by atoms with Crippen LogP contribution >= 0.6 is 0 Å². The Morgan fingerprint density at radius 3 is 2.76 bits per heavy atom. The third-order valence-corrected chi connectivity index (χ3v) is 9.45. The Hall–Kier alpha value is -3.00. The number of hydrogen-bond donors (Lipinski definition) is 3. The largest absolute Gasteiger partial charge is 0.493 e. The highest BCUT2D eigenvalue weighted by Crippen LogP contribution is 2.67. The highest BCUT2D eigenvalue weighted by Gasteiger charge is 2.66. The molecule has 3 heterocycles. The van der Waals surface area contributed by atoms with Gasteiger partial charge in [0.2, 0.25) is 5.91 Å². The predicted octanol–water partition coefficient (Wildman–Crippen LogP) is 3.17. The van der Waals surface area contributed by atoms with Crippen molar-refractivity contribution in [2.24, 2.45) is 5.92 Å². The summed E-state index contributed by atoms with van der Waals surface area (Å²) in [5, 5.41) is 5.93. The number of methoxy groups -OCH3 is 1. The summed E-state index contributed by atoms with van der Waals surface area (Å²) >= 11 is 0. The van der Waals surface area contributed by atoms with E-state index in [1.165, 1.54) is 16.7 Å². The third kappa shape index (κ3) is 3.30. The van der Waals surface area contributed by atoms with Crippen molar-refractivity contribution in [1.82, 2.24) is 20.5 Å². The molecule has 1 aromatic carbocycles. The fraction of sp³-hybridized carbons (Fsp3) is 0.586. The maximum atomic E-state index is 12.9. The molecule has 2 amide bonds. The molecule has 5 atom stereocenters. The summed E-state index contributed by atoms with van der Waals surface area (Å²) in [5.74, 6) is 2.02. The zero-order valence-electron chi connectivity index (χ0n) is 22.5. The molecule has 8 heteroatoms. The van der Waals surface area contributed by atoms with Crippen molar-refractivity contribution in [2.45, 2.75) is 77.0 Å². The van der Waals surface area contributed by atoms with Gasteiger partial charge < -0.3 is 25.1 Å². The minimum absolute atomic E-state index is 0.0659. The van der Waals surface area contributed by atoms with E-state index in [0.29, 0.717) is 37.2 Å². The average Bonchev–Trinajstić information content (AvgIpc) is 3.38. The van der Waals surface area contributed by atoms with E-state index in [4.69, 9.17) is 9.47 Å². The Morgan fingerprint density at radius 1 is 1.24 bits per heavy atom. The van der Waals surface area contributed by atoms with Crippen molar-refractivity contribution in [3.63, 3.8) is 0 Å². The summed E-state index contributed by atoms with van der Waals surface area (Å²) in [6.45, 7) is 10.3. The molecule has 0 radical (unpaired) electrons. The van der Waals surface area contributed by atoms with Gasteiger partial charge in [-0.15, -0.1) is 0 Å². The van der Waals surface area contributed by atoms with E-state index in [1.54, 1.807) is 7.11 Å². The normalized spacial score (nSPS) is 27.5. The van der Waals surface area contributed by atoms with Gasteiger partial charge in [-0.3, -0.25) is 14.5 Å². The number of benzene rings is 1. The van der Waals surface area contributed by atoms with Crippen LogP contribution in [0.1, 0.15) is 78.2 Å². The number of likely N-dealkylation sites (tertiary alicyclic amines) is 1. The van der Waals surface area contributed by atoms with Crippen molar-refractivity contribution in [3.05, 3.63) is 45.8 Å². The molecule has 2 bridgehead atoms. The van der Waals surface area contributed by atoms with E-state index in [1.807, 2.05) is 19.9 Å². The third-order valence-electron chi connectivity index (χ3n) is 9.45. The van der Waals surface area contributed by atoms with Crippen molar-refractivity contribution >= 4 is 11.8 Å². The van der Waals surface area contributed by atoms with E-state index >= 15 is 0 Å². The summed E-state index contributed by atoms with van der Waals surface area (Å²) < 4.78 is 12.6. The number of amides is 2. The molecule has 8 nitrogen and oxygen atoms in total. The molecule has 0 saturated carbocycles. The fourth-order valence-electron chi connectivity index (χ4n) is 7.95. The summed E-state index contributed by atoms with van der Waals surface area (Å²) in [7, 11) is 1.70. The fourth-order valence-corrected chi connectivity index (χ4v) is 7.95. The van der Waals surface area contributed by atoms with Gasteiger partial charge in [0.1, 0.15) is 11.8 Å². The van der Waals surface area contributed by atoms with Gasteiger partial charge in [-0.2, -0.15) is 0 Å². The molecule has 2 aliphatic heterocycles. The Balaban J connectivity index is 1.48. The number of aromatic amines is 1. The summed E-state index contributed by atoms with van der Waals surface area (Å²) in [5.41, 5.74) is 6.39. The van der Waals surface area contributed by atoms with Crippen molar-refractivity contribution in [1.29, 1.82) is 0 Å². The molecule has 198 valence electrons. The van der Waals surface area contributed by atoms with Gasteiger partial charge in [0.15, 0.2) is 11.5 Å². The molecule has 4 aliphatic rings. The van der Waals surface area contributed by atoms with Crippen molar-refractivity contribution < 1.29 is 19.1 Å². The van der Waals surface area contributed by atoms with Gasteiger partial charge in [0.05, 0.1) is 12.8 Å². The van der Waals surface area contributed by atoms with Crippen LogP contribution in [0.4, 0.5) is 0 Å². The standard InChI is InChI=1S/C29H38N4O4/c1-6-30-22(34)12-15(3)33-11-10-29-19-14-18-16(4)24(28(35)31-7-2)32-25(18)27(29)37-26-21(36-5)9-8-17(23(26)29)13-20(19)33/h8-9,15,19-20,27,32H,6-7,10-14H2,1-5H3,(H,30,34)(H,31,35)/t15?,19-,20+,27+,29+/m1/s1. The lowest BCUT2D eigenvalue weighted by molar-refractivity contribution is -0.123. The van der Waals surface area contributed by atoms with E-state index in [-0.39, 0.29) is 29.4 Å². The number of fused-ring (bicyclic) bond motifs is 2. The number of hydrogen-bond acceptors (Lipinski definition) is 5. The van der Waals surface area contributed by atoms with Gasteiger partial charge in [0.25, 0.3) is 5.91 Å². The van der Waals surface area contributed by atoms with Gasteiger partial charge in [0, 0.05) is 42.6 Å². The highest BCUT2D eigenvalue weighted by atomic mass is 16.5. The van der Waals surface area contributed by atoms with Gasteiger partial charge in [-0.25, -0.2) is 0 Å². The van der Waals surface area contributed by atoms with E-state index in [9.17, 15) is 9.59 Å². The molecule has 2 aromatic rings. The number of nitrogens with zero attached hydrogens (tertiary/aromatic N) is 1. The van der Waals surface area contributed by atoms with Crippen LogP contribution in [0.15, 0.2) is 12.1 Å². The maximum Gasteiger partial charge on any atom is 0.267 e. The minimum atomic E-state index is -0.183. The lowest BCUT2D eigenvalue weighted by Gasteiger charge is -2.59. The number of H-pyrrole nitrogens is 1. The second kappa shape index (κ2) is 8.79. The molecule has 6 rings (SSSR count). The van der Waals surface area contributed by atoms with E-state index < -0.39 is 0 Å². The Kier molecular flexibility index (Phi) is 5.78. The molecule has 37 heavy (non-hydrogen) atoms. The van der Waals surface area contributed by atoms with Gasteiger partial charge in [-0.05, 0) is 82.2 Å². The van der Waals surface area contributed by atoms with Crippen LogP contribution in [-0.4, -0.2) is 60.5 Å². The highest BCUT2D eigenvalue weighted by molar-refractivity contribution is 5.94. The first kappa shape index (κ1) is 24.3. The van der Waals surface area contributed by atoms with Gasteiger partial charge >= 0.3 is 0 Å². The molecular weight excluding hydrogens is 468 g/mol. The molecule has 1 unspecified atom stereocenters. The lowest BCUT2D eigenvalue weighted by atomic mass is 9.51. The zero-order chi connectivity index (χ0) is 26.1. The first-order valence-corrected chi connectivity index (χ1v) is 13.7. The summed E-state index contributed by atoms with van der Waals surface area (Å²) in [4.78, 5) is 31.5. The van der Waals surface area contributed by atoms with Crippen LogP contribution in [-0.2, 0) is 23.1 Å². The summed E-state index contributed by atoms with van der Waals surface area (Å²) in [6.07, 6.45) is 3.08. The number of piperidine rings is 1. The number of carbonyl (C=O) groups is 2. The average molecular weight is 507 g/mol. The predicted molar refractivity (Wildman–Crippen MR) is 140 cm³/mol. The molecule has 1 saturated heterocycles. The quantitative estimate of drug-likeness (QED) is 0.536. The van der Waals surface area contributed by atoms with Crippen molar-refractivity contribution in [2.75, 3.05) is 26.7 Å². The van der Waals surface area contributed by atoms with Crippen LogP contribution in [0.2, 0.25) is 0 Å². The van der Waals surface area contributed by atoms with Crippen molar-refractivity contribution in [3.8, 4) is 11.5 Å². The van der Waals surface area contributed by atoms with Crippen LogP contribution in [0.3, 0.4) is 0 Å². The van der Waals surface area contributed by atoms with Crippen LogP contribution in [0.25, 0.3) is 0 Å². The van der Waals surface area contributed by atoms with Crippen LogP contribution < -0.4 is 20.1 Å². The Morgan fingerprint density at radius 2 is 2.03 bits per heavy atom. The maximum absolute atomic E-state index is 12.9. The van der Waals surface area contributed by atoms with E-state index in [2.05, 4.69) is 40.4 Å². The molecule has 1 aromatic heterocycles. The number of carbonyl (C=O) groups excluding carboxylic acids is 2. The van der Waals surface area contributed by atoms with Gasteiger partial charge in [-0.1, -0.05) is 6.07 Å². The number of aromatic nitrogens is 1. The molecule has 2 aliphatic carbocycles. The van der Waals surface area contributed by atoms with Crippen LogP contribution in [0, 0.1) is 12.8 Å². The van der Waals surface area contributed by atoms with E-state index in [0.717, 1.165) is 48.6 Å². The molecular formula is C29H38N4O4.